The number of hydrogen-bond donors (Lipinski definition) is 2. The molecule has 0 radical (unpaired) electrons. The molecule has 0 fully saturated rings. The Morgan fingerprint density at radius 2 is 1.77 bits per heavy atom. The Bertz CT molecular complexity index is 815. The third-order valence-corrected chi connectivity index (χ3v) is 4.14. The van der Waals surface area contributed by atoms with Crippen LogP contribution in [0.2, 0.25) is 0 Å². The van der Waals surface area contributed by atoms with E-state index in [-0.39, 0.29) is 5.57 Å². The van der Waals surface area contributed by atoms with Gasteiger partial charge in [0.05, 0.1) is 0 Å². The molecule has 0 unspecified atom stereocenters. The predicted octanol–water partition coefficient (Wildman–Crippen LogP) is 4.30. The quantitative estimate of drug-likeness (QED) is 0.578. The van der Waals surface area contributed by atoms with E-state index >= 15 is 0 Å². The van der Waals surface area contributed by atoms with Crippen molar-refractivity contribution >= 4 is 23.0 Å². The molecule has 5 nitrogen and oxygen atoms in total. The minimum atomic E-state index is -0.436. The Labute approximate surface area is 154 Å². The molecule has 0 saturated heterocycles. The van der Waals surface area contributed by atoms with Gasteiger partial charge in [-0.2, -0.15) is 5.26 Å². The summed E-state index contributed by atoms with van der Waals surface area (Å²) in [5.41, 5.74) is 3.61. The van der Waals surface area contributed by atoms with Gasteiger partial charge in [-0.1, -0.05) is 18.2 Å². The smallest absolute Gasteiger partial charge is 0.267 e. The minimum absolute atomic E-state index is 0.0149. The van der Waals surface area contributed by atoms with Gasteiger partial charge in [-0.05, 0) is 56.7 Å². The molecule has 0 heterocycles. The summed E-state index contributed by atoms with van der Waals surface area (Å²) in [6, 6.07) is 17.3. The zero-order chi connectivity index (χ0) is 18.9. The Morgan fingerprint density at radius 1 is 1.12 bits per heavy atom. The molecule has 5 heteroatoms. The first kappa shape index (κ1) is 19.1. The molecular formula is C21H24N4O. The van der Waals surface area contributed by atoms with Gasteiger partial charge < -0.3 is 15.5 Å². The van der Waals surface area contributed by atoms with Gasteiger partial charge in [0.15, 0.2) is 0 Å². The second kappa shape index (κ2) is 9.28. The van der Waals surface area contributed by atoms with E-state index in [9.17, 15) is 10.1 Å². The van der Waals surface area contributed by atoms with Crippen LogP contribution in [0.4, 0.5) is 17.1 Å². The van der Waals surface area contributed by atoms with Crippen molar-refractivity contribution in [2.45, 2.75) is 20.8 Å². The highest BCUT2D eigenvalue weighted by Gasteiger charge is 2.10. The Hall–Kier alpha value is -3.26. The van der Waals surface area contributed by atoms with Crippen molar-refractivity contribution in [2.75, 3.05) is 28.6 Å². The molecule has 2 aromatic rings. The number of carbonyl (C=O) groups excluding carboxylic acids is 1. The number of hydrogen-bond acceptors (Lipinski definition) is 4. The van der Waals surface area contributed by atoms with Gasteiger partial charge in [0, 0.05) is 36.4 Å². The molecule has 2 rings (SSSR count). The van der Waals surface area contributed by atoms with Gasteiger partial charge in [0.25, 0.3) is 5.91 Å². The average molecular weight is 348 g/mol. The number of rotatable bonds is 7. The molecular weight excluding hydrogens is 324 g/mol. The maximum atomic E-state index is 12.3. The standard InChI is InChI=1S/C21H24N4O/c1-4-25(5-2)19-12-10-18(11-13-19)23-15-17(14-22)21(26)24-20-9-7-6-8-16(20)3/h6-13,15,23H,4-5H2,1-3H3,(H,24,26)/b17-15-. The van der Waals surface area contributed by atoms with Crippen molar-refractivity contribution in [3.63, 3.8) is 0 Å². The highest BCUT2D eigenvalue weighted by Crippen LogP contribution is 2.18. The number of carbonyl (C=O) groups is 1. The molecule has 0 aromatic heterocycles. The zero-order valence-corrected chi connectivity index (χ0v) is 15.4. The lowest BCUT2D eigenvalue weighted by Crippen LogP contribution is -2.21. The van der Waals surface area contributed by atoms with Crippen LogP contribution in [0.25, 0.3) is 0 Å². The van der Waals surface area contributed by atoms with Crippen molar-refractivity contribution in [3.8, 4) is 6.07 Å². The fraction of sp³-hybridized carbons (Fsp3) is 0.238. The molecule has 0 spiro atoms. The summed E-state index contributed by atoms with van der Waals surface area (Å²) in [6.45, 7) is 8.03. The Balaban J connectivity index is 2.06. The summed E-state index contributed by atoms with van der Waals surface area (Å²) < 4.78 is 0. The second-order valence-electron chi connectivity index (χ2n) is 5.80. The number of aryl methyl sites for hydroxylation is 1. The lowest BCUT2D eigenvalue weighted by Gasteiger charge is -2.21. The third-order valence-electron chi connectivity index (χ3n) is 4.14. The maximum absolute atomic E-state index is 12.3. The number of nitriles is 1. The van der Waals surface area contributed by atoms with Gasteiger partial charge in [-0.15, -0.1) is 0 Å². The van der Waals surface area contributed by atoms with E-state index in [0.29, 0.717) is 5.69 Å². The monoisotopic (exact) mass is 348 g/mol. The predicted molar refractivity (Wildman–Crippen MR) is 107 cm³/mol. The van der Waals surface area contributed by atoms with E-state index in [1.54, 1.807) is 0 Å². The van der Waals surface area contributed by atoms with Crippen LogP contribution in [0.5, 0.6) is 0 Å². The topological polar surface area (TPSA) is 68.2 Å². The molecule has 0 atom stereocenters. The van der Waals surface area contributed by atoms with E-state index in [4.69, 9.17) is 0 Å². The Kier molecular flexibility index (Phi) is 6.81. The van der Waals surface area contributed by atoms with Crippen molar-refractivity contribution in [2.24, 2.45) is 0 Å². The molecule has 0 aliphatic carbocycles. The summed E-state index contributed by atoms with van der Waals surface area (Å²) in [6.07, 6.45) is 1.43. The summed E-state index contributed by atoms with van der Waals surface area (Å²) in [5, 5.41) is 15.1. The van der Waals surface area contributed by atoms with Crippen LogP contribution in [0, 0.1) is 18.3 Å². The summed E-state index contributed by atoms with van der Waals surface area (Å²) in [7, 11) is 0. The fourth-order valence-corrected chi connectivity index (χ4v) is 2.56. The molecule has 0 bridgehead atoms. The van der Waals surface area contributed by atoms with E-state index < -0.39 is 5.91 Å². The second-order valence-corrected chi connectivity index (χ2v) is 5.80. The number of para-hydroxylation sites is 1. The van der Waals surface area contributed by atoms with Crippen LogP contribution in [0.1, 0.15) is 19.4 Å². The molecule has 2 aromatic carbocycles. The number of benzene rings is 2. The summed E-state index contributed by atoms with van der Waals surface area (Å²) in [5.74, 6) is -0.436. The molecule has 0 saturated carbocycles. The van der Waals surface area contributed by atoms with E-state index in [0.717, 1.165) is 30.0 Å². The normalized spacial score (nSPS) is 10.8. The van der Waals surface area contributed by atoms with Gasteiger partial charge in [-0.3, -0.25) is 4.79 Å². The molecule has 134 valence electrons. The van der Waals surface area contributed by atoms with Gasteiger partial charge >= 0.3 is 0 Å². The van der Waals surface area contributed by atoms with E-state index in [1.165, 1.54) is 6.20 Å². The lowest BCUT2D eigenvalue weighted by atomic mass is 10.2. The summed E-state index contributed by atoms with van der Waals surface area (Å²) in [4.78, 5) is 14.5. The van der Waals surface area contributed by atoms with Crippen molar-refractivity contribution in [1.82, 2.24) is 0 Å². The van der Waals surface area contributed by atoms with Crippen LogP contribution in [-0.2, 0) is 4.79 Å². The van der Waals surface area contributed by atoms with Gasteiger partial charge in [-0.25, -0.2) is 0 Å². The number of amides is 1. The van der Waals surface area contributed by atoms with Crippen LogP contribution in [0.15, 0.2) is 60.3 Å². The average Bonchev–Trinajstić information content (AvgIpc) is 2.66. The molecule has 26 heavy (non-hydrogen) atoms. The number of anilines is 3. The molecule has 1 amide bonds. The lowest BCUT2D eigenvalue weighted by molar-refractivity contribution is -0.112. The van der Waals surface area contributed by atoms with Crippen LogP contribution in [0.3, 0.4) is 0 Å². The van der Waals surface area contributed by atoms with E-state index in [1.807, 2.05) is 61.5 Å². The fourth-order valence-electron chi connectivity index (χ4n) is 2.56. The SMILES string of the molecule is CCN(CC)c1ccc(N/C=C(/C#N)C(=O)Nc2ccccc2C)cc1. The first-order chi connectivity index (χ1) is 12.6. The highest BCUT2D eigenvalue weighted by molar-refractivity contribution is 6.07. The van der Waals surface area contributed by atoms with Gasteiger partial charge in [0.1, 0.15) is 11.6 Å². The molecule has 0 aliphatic rings. The van der Waals surface area contributed by atoms with Crippen LogP contribution in [-0.4, -0.2) is 19.0 Å². The van der Waals surface area contributed by atoms with Crippen molar-refractivity contribution in [1.29, 1.82) is 5.26 Å². The minimum Gasteiger partial charge on any atom is -0.372 e. The maximum Gasteiger partial charge on any atom is 0.267 e. The zero-order valence-electron chi connectivity index (χ0n) is 15.4. The number of nitrogens with zero attached hydrogens (tertiary/aromatic N) is 2. The summed E-state index contributed by atoms with van der Waals surface area (Å²) >= 11 is 0. The number of nitrogens with one attached hydrogen (secondary N) is 2. The van der Waals surface area contributed by atoms with E-state index in [2.05, 4.69) is 29.4 Å². The first-order valence-corrected chi connectivity index (χ1v) is 8.67. The molecule has 2 N–H and O–H groups in total. The van der Waals surface area contributed by atoms with Crippen molar-refractivity contribution in [3.05, 3.63) is 65.9 Å². The van der Waals surface area contributed by atoms with Crippen molar-refractivity contribution < 1.29 is 4.79 Å². The van der Waals surface area contributed by atoms with Crippen LogP contribution >= 0.6 is 0 Å². The van der Waals surface area contributed by atoms with Gasteiger partial charge in [0.2, 0.25) is 0 Å². The molecule has 0 aliphatic heterocycles. The first-order valence-electron chi connectivity index (χ1n) is 8.67. The Morgan fingerprint density at radius 3 is 2.35 bits per heavy atom. The largest absolute Gasteiger partial charge is 0.372 e. The highest BCUT2D eigenvalue weighted by atomic mass is 16.1. The van der Waals surface area contributed by atoms with Crippen LogP contribution < -0.4 is 15.5 Å². The third kappa shape index (κ3) is 4.87.